The van der Waals surface area contributed by atoms with Gasteiger partial charge in [-0.15, -0.1) is 0 Å². The van der Waals surface area contributed by atoms with Gasteiger partial charge in [0.1, 0.15) is 6.10 Å². The van der Waals surface area contributed by atoms with Crippen LogP contribution in [0.3, 0.4) is 0 Å². The van der Waals surface area contributed by atoms with Crippen molar-refractivity contribution in [3.63, 3.8) is 0 Å². The fraction of sp³-hybridized carbons (Fsp3) is 0.357. The Morgan fingerprint density at radius 2 is 2.11 bits per heavy atom. The number of ether oxygens (including phenoxy) is 1. The van der Waals surface area contributed by atoms with Gasteiger partial charge >= 0.3 is 0 Å². The highest BCUT2D eigenvalue weighted by molar-refractivity contribution is 5.36. The van der Waals surface area contributed by atoms with Gasteiger partial charge in [0.25, 0.3) is 0 Å². The number of nitrogens with zero attached hydrogens (tertiary/aromatic N) is 2. The van der Waals surface area contributed by atoms with E-state index in [9.17, 15) is 9.50 Å². The summed E-state index contributed by atoms with van der Waals surface area (Å²) in [5, 5.41) is 14.4. The Labute approximate surface area is 111 Å². The highest BCUT2D eigenvalue weighted by Gasteiger charge is 2.19. The van der Waals surface area contributed by atoms with Crippen LogP contribution in [0, 0.1) is 5.82 Å². The quantitative estimate of drug-likeness (QED) is 0.923. The maximum atomic E-state index is 14.1. The van der Waals surface area contributed by atoms with E-state index in [-0.39, 0.29) is 17.4 Å². The average Bonchev–Trinajstić information content (AvgIpc) is 2.88. The molecule has 0 spiro atoms. The first kappa shape index (κ1) is 13.5. The van der Waals surface area contributed by atoms with Crippen LogP contribution in [0.15, 0.2) is 30.6 Å². The second-order valence-corrected chi connectivity index (χ2v) is 4.61. The average molecular weight is 264 g/mol. The Kier molecular flexibility index (Phi) is 3.85. The number of methoxy groups -OCH3 is 1. The molecule has 0 fully saturated rings. The van der Waals surface area contributed by atoms with Crippen molar-refractivity contribution >= 4 is 0 Å². The predicted octanol–water partition coefficient (Wildman–Crippen LogP) is 2.69. The molecule has 1 unspecified atom stereocenters. The molecule has 0 bridgehead atoms. The summed E-state index contributed by atoms with van der Waals surface area (Å²) in [6.07, 6.45) is 2.21. The van der Waals surface area contributed by atoms with Crippen LogP contribution in [-0.4, -0.2) is 22.0 Å². The van der Waals surface area contributed by atoms with Crippen molar-refractivity contribution in [2.45, 2.75) is 26.0 Å². The van der Waals surface area contributed by atoms with Crippen molar-refractivity contribution in [3.8, 4) is 5.75 Å². The van der Waals surface area contributed by atoms with Gasteiger partial charge in [0.15, 0.2) is 11.6 Å². The van der Waals surface area contributed by atoms with Gasteiger partial charge in [-0.3, -0.25) is 4.68 Å². The molecule has 5 heteroatoms. The molecule has 0 saturated carbocycles. The molecule has 1 aromatic heterocycles. The van der Waals surface area contributed by atoms with E-state index in [2.05, 4.69) is 5.10 Å². The number of halogens is 1. The lowest BCUT2D eigenvalue weighted by molar-refractivity contribution is 0.213. The highest BCUT2D eigenvalue weighted by Crippen LogP contribution is 2.29. The maximum Gasteiger partial charge on any atom is 0.171 e. The standard InChI is InChI=1S/C14H17FN2O2/c1-9(2)17-8-10(7-16-17)14(18)11-5-4-6-12(19-3)13(11)15/h4-9,14,18H,1-3H3. The van der Waals surface area contributed by atoms with Crippen molar-refractivity contribution in [1.29, 1.82) is 0 Å². The second-order valence-electron chi connectivity index (χ2n) is 4.61. The molecular weight excluding hydrogens is 247 g/mol. The number of aromatic nitrogens is 2. The van der Waals surface area contributed by atoms with Crippen LogP contribution in [0.25, 0.3) is 0 Å². The minimum atomic E-state index is -1.05. The van der Waals surface area contributed by atoms with Crippen molar-refractivity contribution in [1.82, 2.24) is 9.78 Å². The Morgan fingerprint density at radius 3 is 2.68 bits per heavy atom. The molecule has 1 heterocycles. The first-order valence-corrected chi connectivity index (χ1v) is 6.09. The molecule has 2 rings (SSSR count). The van der Waals surface area contributed by atoms with E-state index in [1.54, 1.807) is 23.1 Å². The Balaban J connectivity index is 2.35. The topological polar surface area (TPSA) is 47.3 Å². The van der Waals surface area contributed by atoms with Crippen LogP contribution in [-0.2, 0) is 0 Å². The molecule has 0 aliphatic rings. The predicted molar refractivity (Wildman–Crippen MR) is 69.6 cm³/mol. The normalized spacial score (nSPS) is 12.7. The third-order valence-corrected chi connectivity index (χ3v) is 2.97. The monoisotopic (exact) mass is 264 g/mol. The molecule has 4 nitrogen and oxygen atoms in total. The number of hydrogen-bond acceptors (Lipinski definition) is 3. The van der Waals surface area contributed by atoms with Crippen LogP contribution in [0.1, 0.15) is 37.1 Å². The summed E-state index contributed by atoms with van der Waals surface area (Å²) in [5.41, 5.74) is 0.739. The summed E-state index contributed by atoms with van der Waals surface area (Å²) >= 11 is 0. The minimum Gasteiger partial charge on any atom is -0.494 e. The van der Waals surface area contributed by atoms with Crippen LogP contribution >= 0.6 is 0 Å². The SMILES string of the molecule is COc1cccc(C(O)c2cnn(C(C)C)c2)c1F. The molecule has 0 aliphatic carbocycles. The zero-order valence-electron chi connectivity index (χ0n) is 11.2. The molecule has 0 radical (unpaired) electrons. The summed E-state index contributed by atoms with van der Waals surface area (Å²) in [4.78, 5) is 0. The lowest BCUT2D eigenvalue weighted by Crippen LogP contribution is -2.04. The summed E-state index contributed by atoms with van der Waals surface area (Å²) in [5.74, 6) is -0.428. The van der Waals surface area contributed by atoms with Crippen LogP contribution < -0.4 is 4.74 Å². The van der Waals surface area contributed by atoms with Crippen molar-refractivity contribution < 1.29 is 14.2 Å². The largest absolute Gasteiger partial charge is 0.494 e. The molecule has 0 amide bonds. The third-order valence-electron chi connectivity index (χ3n) is 2.97. The number of rotatable bonds is 4. The van der Waals surface area contributed by atoms with Gasteiger partial charge in [-0.1, -0.05) is 12.1 Å². The van der Waals surface area contributed by atoms with E-state index in [1.807, 2.05) is 13.8 Å². The van der Waals surface area contributed by atoms with Gasteiger partial charge in [0, 0.05) is 23.4 Å². The number of hydrogen-bond donors (Lipinski definition) is 1. The van der Waals surface area contributed by atoms with Gasteiger partial charge in [-0.2, -0.15) is 5.10 Å². The van der Waals surface area contributed by atoms with Gasteiger partial charge in [-0.05, 0) is 19.9 Å². The molecule has 2 aromatic rings. The molecule has 102 valence electrons. The fourth-order valence-corrected chi connectivity index (χ4v) is 1.85. The first-order chi connectivity index (χ1) is 9.04. The number of benzene rings is 1. The van der Waals surface area contributed by atoms with Crippen molar-refractivity contribution in [2.24, 2.45) is 0 Å². The fourth-order valence-electron chi connectivity index (χ4n) is 1.85. The van der Waals surface area contributed by atoms with E-state index in [0.29, 0.717) is 5.56 Å². The summed E-state index contributed by atoms with van der Waals surface area (Å²) in [6.45, 7) is 3.96. The molecule has 1 N–H and O–H groups in total. The van der Waals surface area contributed by atoms with E-state index in [4.69, 9.17) is 4.74 Å². The minimum absolute atomic E-state index is 0.118. The van der Waals surface area contributed by atoms with Gasteiger partial charge in [0.2, 0.25) is 0 Å². The molecule has 0 saturated heterocycles. The number of aliphatic hydroxyl groups is 1. The van der Waals surface area contributed by atoms with E-state index in [0.717, 1.165) is 0 Å². The summed E-state index contributed by atoms with van der Waals surface area (Å²) in [7, 11) is 1.39. The van der Waals surface area contributed by atoms with E-state index >= 15 is 0 Å². The van der Waals surface area contributed by atoms with Crippen LogP contribution in [0.4, 0.5) is 4.39 Å². The Hall–Kier alpha value is -1.88. The van der Waals surface area contributed by atoms with E-state index in [1.165, 1.54) is 19.2 Å². The third kappa shape index (κ3) is 2.61. The Morgan fingerprint density at radius 1 is 1.37 bits per heavy atom. The zero-order valence-corrected chi connectivity index (χ0v) is 11.2. The van der Waals surface area contributed by atoms with E-state index < -0.39 is 11.9 Å². The first-order valence-electron chi connectivity index (χ1n) is 6.09. The smallest absolute Gasteiger partial charge is 0.171 e. The second kappa shape index (κ2) is 5.40. The van der Waals surface area contributed by atoms with Gasteiger partial charge < -0.3 is 9.84 Å². The van der Waals surface area contributed by atoms with Gasteiger partial charge in [0.05, 0.1) is 13.3 Å². The number of aliphatic hydroxyl groups excluding tert-OH is 1. The van der Waals surface area contributed by atoms with Crippen molar-refractivity contribution in [3.05, 3.63) is 47.5 Å². The lowest BCUT2D eigenvalue weighted by Gasteiger charge is -2.12. The van der Waals surface area contributed by atoms with Gasteiger partial charge in [-0.25, -0.2) is 4.39 Å². The van der Waals surface area contributed by atoms with Crippen LogP contribution in [0.2, 0.25) is 0 Å². The molecule has 0 aliphatic heterocycles. The highest BCUT2D eigenvalue weighted by atomic mass is 19.1. The molecule has 19 heavy (non-hydrogen) atoms. The molecule has 1 atom stereocenters. The Bertz CT molecular complexity index is 566. The van der Waals surface area contributed by atoms with Crippen molar-refractivity contribution in [2.75, 3.05) is 7.11 Å². The summed E-state index contributed by atoms with van der Waals surface area (Å²) in [6, 6.07) is 4.89. The lowest BCUT2D eigenvalue weighted by atomic mass is 10.0. The maximum absolute atomic E-state index is 14.1. The molecule has 1 aromatic carbocycles. The van der Waals surface area contributed by atoms with Crippen LogP contribution in [0.5, 0.6) is 5.75 Å². The zero-order chi connectivity index (χ0) is 14.0. The molecular formula is C14H17FN2O2. The summed E-state index contributed by atoms with van der Waals surface area (Å²) < 4.78 is 20.7.